The second-order valence-electron chi connectivity index (χ2n) is 4.02. The third kappa shape index (κ3) is 3.76. The highest BCUT2D eigenvalue weighted by molar-refractivity contribution is 7.89. The second-order valence-corrected chi connectivity index (χ2v) is 6.18. The number of hydrogen-bond donors (Lipinski definition) is 2. The van der Waals surface area contributed by atoms with Gasteiger partial charge in [-0.2, -0.15) is 0 Å². The lowest BCUT2D eigenvalue weighted by Gasteiger charge is -2.15. The number of nitrogens with one attached hydrogen (secondary N) is 1. The van der Waals surface area contributed by atoms with Crippen molar-refractivity contribution in [3.63, 3.8) is 0 Å². The molecule has 6 heteroatoms. The highest BCUT2D eigenvalue weighted by Crippen LogP contribution is 2.12. The second kappa shape index (κ2) is 6.26. The Morgan fingerprint density at radius 1 is 1.28 bits per heavy atom. The van der Waals surface area contributed by atoms with Crippen molar-refractivity contribution in [3.8, 4) is 0 Å². The summed E-state index contributed by atoms with van der Waals surface area (Å²) >= 11 is 4.82. The molecule has 0 aliphatic rings. The minimum Gasteiger partial charge on any atom is -0.389 e. The standard InChI is InChI=1S/C12H18N2O2S2/c1-3-10(4-2)14-18(15,16)11-7-5-9(6-8-11)12(13)17/h5-8,10,14H,3-4H2,1-2H3,(H2,13,17). The van der Waals surface area contributed by atoms with Crippen molar-refractivity contribution in [1.29, 1.82) is 0 Å². The minimum absolute atomic E-state index is 0.0368. The van der Waals surface area contributed by atoms with Crippen molar-refractivity contribution in [2.24, 2.45) is 5.73 Å². The van der Waals surface area contributed by atoms with Crippen LogP contribution in [0.2, 0.25) is 0 Å². The maximum atomic E-state index is 12.1. The summed E-state index contributed by atoms with van der Waals surface area (Å²) in [5.41, 5.74) is 6.12. The molecule has 100 valence electrons. The van der Waals surface area contributed by atoms with Crippen molar-refractivity contribution >= 4 is 27.2 Å². The molecule has 0 saturated heterocycles. The van der Waals surface area contributed by atoms with Gasteiger partial charge in [0.2, 0.25) is 10.0 Å². The first-order chi connectivity index (χ1) is 8.40. The van der Waals surface area contributed by atoms with Crippen LogP contribution in [0.1, 0.15) is 32.3 Å². The maximum Gasteiger partial charge on any atom is 0.240 e. The van der Waals surface area contributed by atoms with Crippen LogP contribution in [0.4, 0.5) is 0 Å². The fourth-order valence-corrected chi connectivity index (χ4v) is 3.08. The van der Waals surface area contributed by atoms with Crippen molar-refractivity contribution < 1.29 is 8.42 Å². The molecule has 0 aliphatic carbocycles. The topological polar surface area (TPSA) is 72.2 Å². The van der Waals surface area contributed by atoms with Gasteiger partial charge in [0, 0.05) is 11.6 Å². The van der Waals surface area contributed by atoms with Crippen LogP contribution in [-0.2, 0) is 10.0 Å². The molecule has 18 heavy (non-hydrogen) atoms. The zero-order valence-corrected chi connectivity index (χ0v) is 12.1. The lowest BCUT2D eigenvalue weighted by molar-refractivity contribution is 0.530. The van der Waals surface area contributed by atoms with Gasteiger partial charge < -0.3 is 5.73 Å². The number of nitrogens with two attached hydrogens (primary N) is 1. The average molecular weight is 286 g/mol. The van der Waals surface area contributed by atoms with Crippen LogP contribution in [0.5, 0.6) is 0 Å². The molecule has 0 aliphatic heterocycles. The fourth-order valence-electron chi connectivity index (χ4n) is 1.54. The van der Waals surface area contributed by atoms with E-state index >= 15 is 0 Å². The summed E-state index contributed by atoms with van der Waals surface area (Å²) in [5.74, 6) is 0. The molecule has 0 atom stereocenters. The van der Waals surface area contributed by atoms with E-state index in [0.717, 1.165) is 12.8 Å². The van der Waals surface area contributed by atoms with E-state index in [-0.39, 0.29) is 15.9 Å². The number of rotatable bonds is 6. The molecular formula is C12H18N2O2S2. The van der Waals surface area contributed by atoms with Crippen LogP contribution in [0.3, 0.4) is 0 Å². The molecule has 4 nitrogen and oxygen atoms in total. The monoisotopic (exact) mass is 286 g/mol. The zero-order valence-electron chi connectivity index (χ0n) is 10.5. The Bertz CT molecular complexity index is 505. The molecule has 0 heterocycles. The molecular weight excluding hydrogens is 268 g/mol. The Morgan fingerprint density at radius 3 is 2.17 bits per heavy atom. The van der Waals surface area contributed by atoms with E-state index < -0.39 is 10.0 Å². The third-order valence-corrected chi connectivity index (χ3v) is 4.53. The molecule has 0 radical (unpaired) electrons. The smallest absolute Gasteiger partial charge is 0.240 e. The van der Waals surface area contributed by atoms with Gasteiger partial charge in [0.25, 0.3) is 0 Å². The van der Waals surface area contributed by atoms with E-state index in [1.807, 2.05) is 13.8 Å². The maximum absolute atomic E-state index is 12.1. The van der Waals surface area contributed by atoms with E-state index in [4.69, 9.17) is 18.0 Å². The van der Waals surface area contributed by atoms with Gasteiger partial charge in [-0.1, -0.05) is 38.2 Å². The quantitative estimate of drug-likeness (QED) is 0.782. The van der Waals surface area contributed by atoms with Gasteiger partial charge in [0.05, 0.1) is 4.90 Å². The Labute approximate surface area is 114 Å². The van der Waals surface area contributed by atoms with Crippen LogP contribution in [-0.4, -0.2) is 19.4 Å². The highest BCUT2D eigenvalue weighted by Gasteiger charge is 2.17. The first-order valence-corrected chi connectivity index (χ1v) is 7.72. The van der Waals surface area contributed by atoms with Crippen LogP contribution in [0, 0.1) is 0 Å². The number of benzene rings is 1. The normalized spacial score (nSPS) is 11.7. The van der Waals surface area contributed by atoms with Gasteiger partial charge in [0.1, 0.15) is 4.99 Å². The van der Waals surface area contributed by atoms with Gasteiger partial charge in [-0.05, 0) is 25.0 Å². The molecule has 0 spiro atoms. The van der Waals surface area contributed by atoms with Gasteiger partial charge in [-0.3, -0.25) is 0 Å². The number of sulfonamides is 1. The molecule has 3 N–H and O–H groups in total. The molecule has 0 saturated carbocycles. The van der Waals surface area contributed by atoms with E-state index in [0.29, 0.717) is 5.56 Å². The first kappa shape index (κ1) is 15.1. The summed E-state index contributed by atoms with van der Waals surface area (Å²) in [5, 5.41) is 0. The molecule has 1 aromatic carbocycles. The van der Waals surface area contributed by atoms with Gasteiger partial charge >= 0.3 is 0 Å². The van der Waals surface area contributed by atoms with Gasteiger partial charge in [-0.15, -0.1) is 0 Å². The summed E-state index contributed by atoms with van der Waals surface area (Å²) in [7, 11) is -3.46. The Morgan fingerprint density at radius 2 is 1.78 bits per heavy atom. The zero-order chi connectivity index (χ0) is 13.8. The lowest BCUT2D eigenvalue weighted by Crippen LogP contribution is -2.33. The van der Waals surface area contributed by atoms with E-state index in [2.05, 4.69) is 4.72 Å². The summed E-state index contributed by atoms with van der Waals surface area (Å²) < 4.78 is 26.8. The molecule has 0 amide bonds. The predicted molar refractivity (Wildman–Crippen MR) is 77.0 cm³/mol. The highest BCUT2D eigenvalue weighted by atomic mass is 32.2. The summed E-state index contributed by atoms with van der Waals surface area (Å²) in [6, 6.07) is 6.22. The van der Waals surface area contributed by atoms with Crippen LogP contribution in [0.15, 0.2) is 29.2 Å². The molecule has 1 rings (SSSR count). The molecule has 0 fully saturated rings. The van der Waals surface area contributed by atoms with Gasteiger partial charge in [0.15, 0.2) is 0 Å². The van der Waals surface area contributed by atoms with E-state index in [1.165, 1.54) is 12.1 Å². The lowest BCUT2D eigenvalue weighted by atomic mass is 10.2. The summed E-state index contributed by atoms with van der Waals surface area (Å²) in [4.78, 5) is 0.487. The minimum atomic E-state index is -3.46. The molecule has 1 aromatic rings. The molecule has 0 unspecified atom stereocenters. The van der Waals surface area contributed by atoms with Crippen molar-refractivity contribution in [2.75, 3.05) is 0 Å². The SMILES string of the molecule is CCC(CC)NS(=O)(=O)c1ccc(C(N)=S)cc1. The summed E-state index contributed by atoms with van der Waals surface area (Å²) in [6.07, 6.45) is 1.53. The van der Waals surface area contributed by atoms with E-state index in [1.54, 1.807) is 12.1 Å². The van der Waals surface area contributed by atoms with E-state index in [9.17, 15) is 8.42 Å². The Hall–Kier alpha value is -0.980. The number of hydrogen-bond acceptors (Lipinski definition) is 3. The third-order valence-electron chi connectivity index (χ3n) is 2.76. The fraction of sp³-hybridized carbons (Fsp3) is 0.417. The van der Waals surface area contributed by atoms with Crippen molar-refractivity contribution in [1.82, 2.24) is 4.72 Å². The average Bonchev–Trinajstić information content (AvgIpc) is 2.36. The molecule has 0 aromatic heterocycles. The summed E-state index contributed by atoms with van der Waals surface area (Å²) in [6.45, 7) is 3.90. The van der Waals surface area contributed by atoms with Crippen LogP contribution >= 0.6 is 12.2 Å². The Kier molecular flexibility index (Phi) is 5.25. The largest absolute Gasteiger partial charge is 0.389 e. The van der Waals surface area contributed by atoms with Crippen molar-refractivity contribution in [2.45, 2.75) is 37.6 Å². The first-order valence-electron chi connectivity index (χ1n) is 5.83. The number of thiocarbonyl (C=S) groups is 1. The van der Waals surface area contributed by atoms with Crippen LogP contribution < -0.4 is 10.5 Å². The predicted octanol–water partition coefficient (Wildman–Crippen LogP) is 1.79. The Balaban J connectivity index is 2.95. The van der Waals surface area contributed by atoms with Crippen molar-refractivity contribution in [3.05, 3.63) is 29.8 Å². The molecule has 0 bridgehead atoms. The van der Waals surface area contributed by atoms with Crippen LogP contribution in [0.25, 0.3) is 0 Å². The van der Waals surface area contributed by atoms with Gasteiger partial charge in [-0.25, -0.2) is 13.1 Å².